The Balaban J connectivity index is 1.36. The van der Waals surface area contributed by atoms with Crippen molar-refractivity contribution in [3.8, 4) is 28.1 Å². The first kappa shape index (κ1) is 25.3. The summed E-state index contributed by atoms with van der Waals surface area (Å²) in [6.07, 6.45) is 1.75. The van der Waals surface area contributed by atoms with Gasteiger partial charge in [0.1, 0.15) is 11.6 Å². The zero-order valence-electron chi connectivity index (χ0n) is 22.2. The van der Waals surface area contributed by atoms with Crippen molar-refractivity contribution in [3.63, 3.8) is 0 Å². The third-order valence-electron chi connectivity index (χ3n) is 7.17. The summed E-state index contributed by atoms with van der Waals surface area (Å²) in [5.41, 5.74) is 7.81. The lowest BCUT2D eigenvalue weighted by Gasteiger charge is -2.12. The number of unbranched alkanes of at least 4 members (excludes halogenated alkanes) is 1. The number of hydrogen-bond acceptors (Lipinski definition) is 4. The monoisotopic (exact) mass is 527 g/mol. The van der Waals surface area contributed by atoms with E-state index in [0.717, 1.165) is 75.0 Å². The minimum Gasteiger partial charge on any atom is -0.449 e. The number of pyridine rings is 1. The Bertz CT molecular complexity index is 1820. The van der Waals surface area contributed by atoms with Gasteiger partial charge in [-0.05, 0) is 47.9 Å². The van der Waals surface area contributed by atoms with Gasteiger partial charge in [-0.2, -0.15) is 0 Å². The highest BCUT2D eigenvalue weighted by Crippen LogP contribution is 2.31. The molecule has 0 bridgehead atoms. The average molecular weight is 528 g/mol. The molecular weight excluding hydrogens is 498 g/mol. The Hall–Kier alpha value is -4.97. The molecular formula is C34H29N3O3. The number of hydrogen-bond donors (Lipinski definition) is 1. The smallest absolute Gasteiger partial charge is 0.449 e. The summed E-state index contributed by atoms with van der Waals surface area (Å²) < 4.78 is 7.30. The second-order valence-corrected chi connectivity index (χ2v) is 9.87. The van der Waals surface area contributed by atoms with Gasteiger partial charge >= 0.3 is 6.16 Å². The first-order valence-corrected chi connectivity index (χ1v) is 13.5. The molecule has 0 aliphatic heterocycles. The van der Waals surface area contributed by atoms with Crippen molar-refractivity contribution in [2.45, 2.75) is 32.7 Å². The first-order valence-electron chi connectivity index (χ1n) is 13.5. The highest BCUT2D eigenvalue weighted by Gasteiger charge is 2.14. The number of rotatable bonds is 8. The number of carbonyl (C=O) groups is 1. The number of para-hydroxylation sites is 2. The summed E-state index contributed by atoms with van der Waals surface area (Å²) in [5, 5.41) is 10.2. The summed E-state index contributed by atoms with van der Waals surface area (Å²) >= 11 is 0. The topological polar surface area (TPSA) is 77.2 Å². The summed E-state index contributed by atoms with van der Waals surface area (Å²) in [5.74, 6) is 1.39. The Morgan fingerprint density at radius 2 is 1.60 bits per heavy atom. The quantitative estimate of drug-likeness (QED) is 0.159. The summed E-state index contributed by atoms with van der Waals surface area (Å²) in [6, 6.07) is 34.1. The summed E-state index contributed by atoms with van der Waals surface area (Å²) in [7, 11) is 0. The van der Waals surface area contributed by atoms with Crippen molar-refractivity contribution in [1.82, 2.24) is 14.5 Å². The van der Waals surface area contributed by atoms with Crippen LogP contribution in [0.3, 0.4) is 0 Å². The Kier molecular flexibility index (Phi) is 6.98. The molecule has 0 amide bonds. The molecule has 6 heteroatoms. The number of fused-ring (bicyclic) bond motifs is 2. The van der Waals surface area contributed by atoms with Crippen LogP contribution in [0.5, 0.6) is 5.75 Å². The normalized spacial score (nSPS) is 11.2. The van der Waals surface area contributed by atoms with E-state index >= 15 is 0 Å². The SMILES string of the molecule is CCCCc1nc2ccc(-c3ccc4ccccc4n3)cc2n1Cc1ccc(-c2ccccc2OC(=O)O)cc1. The largest absolute Gasteiger partial charge is 0.511 e. The molecule has 0 saturated heterocycles. The van der Waals surface area contributed by atoms with E-state index in [1.54, 1.807) is 12.1 Å². The number of benzene rings is 4. The highest BCUT2D eigenvalue weighted by atomic mass is 16.7. The molecule has 1 N–H and O–H groups in total. The van der Waals surface area contributed by atoms with Gasteiger partial charge in [0.25, 0.3) is 0 Å². The number of ether oxygens (including phenoxy) is 1. The van der Waals surface area contributed by atoms with E-state index in [4.69, 9.17) is 19.8 Å². The maximum Gasteiger partial charge on any atom is 0.511 e. The zero-order valence-corrected chi connectivity index (χ0v) is 22.2. The lowest BCUT2D eigenvalue weighted by atomic mass is 10.0. The van der Waals surface area contributed by atoms with Crippen molar-refractivity contribution >= 4 is 28.1 Å². The van der Waals surface area contributed by atoms with Crippen LogP contribution in [0.15, 0.2) is 103 Å². The first-order chi connectivity index (χ1) is 19.6. The van der Waals surface area contributed by atoms with Gasteiger partial charge in [0.05, 0.1) is 22.2 Å². The predicted molar refractivity (Wildman–Crippen MR) is 159 cm³/mol. The number of aromatic nitrogens is 3. The van der Waals surface area contributed by atoms with Gasteiger partial charge < -0.3 is 14.4 Å². The number of nitrogens with zero attached hydrogens (tertiary/aromatic N) is 3. The van der Waals surface area contributed by atoms with E-state index in [0.29, 0.717) is 12.3 Å². The van der Waals surface area contributed by atoms with Gasteiger partial charge in [0.2, 0.25) is 0 Å². The van der Waals surface area contributed by atoms with Crippen molar-refractivity contribution in [2.75, 3.05) is 0 Å². The minimum atomic E-state index is -1.33. The fraction of sp³-hybridized carbons (Fsp3) is 0.147. The van der Waals surface area contributed by atoms with Crippen molar-refractivity contribution < 1.29 is 14.6 Å². The van der Waals surface area contributed by atoms with E-state index in [1.807, 2.05) is 42.5 Å². The average Bonchev–Trinajstić information content (AvgIpc) is 3.32. The van der Waals surface area contributed by atoms with Crippen LogP contribution in [0.4, 0.5) is 4.79 Å². The molecule has 2 aromatic heterocycles. The molecule has 4 aromatic carbocycles. The van der Waals surface area contributed by atoms with Crippen molar-refractivity contribution in [2.24, 2.45) is 0 Å². The lowest BCUT2D eigenvalue weighted by molar-refractivity contribution is 0.144. The molecule has 6 rings (SSSR count). The third kappa shape index (κ3) is 5.16. The maximum absolute atomic E-state index is 11.1. The number of carboxylic acid groups (broad SMARTS) is 1. The fourth-order valence-electron chi connectivity index (χ4n) is 5.12. The van der Waals surface area contributed by atoms with Crippen LogP contribution >= 0.6 is 0 Å². The molecule has 0 aliphatic rings. The molecule has 0 fully saturated rings. The van der Waals surface area contributed by atoms with Gasteiger partial charge in [-0.1, -0.05) is 86.1 Å². The van der Waals surface area contributed by atoms with E-state index in [-0.39, 0.29) is 0 Å². The molecule has 0 aliphatic carbocycles. The van der Waals surface area contributed by atoms with Crippen LogP contribution < -0.4 is 4.74 Å². The minimum absolute atomic E-state index is 0.319. The molecule has 0 saturated carbocycles. The molecule has 0 unspecified atom stereocenters. The molecule has 198 valence electrons. The van der Waals surface area contributed by atoms with Crippen LogP contribution in [0.1, 0.15) is 31.2 Å². The molecule has 0 radical (unpaired) electrons. The molecule has 2 heterocycles. The van der Waals surface area contributed by atoms with Crippen LogP contribution in [-0.4, -0.2) is 25.8 Å². The Morgan fingerprint density at radius 1 is 0.825 bits per heavy atom. The lowest BCUT2D eigenvalue weighted by Crippen LogP contribution is -2.06. The number of aryl methyl sites for hydroxylation is 1. The van der Waals surface area contributed by atoms with Gasteiger partial charge in [-0.3, -0.25) is 0 Å². The fourth-order valence-corrected chi connectivity index (χ4v) is 5.12. The second-order valence-electron chi connectivity index (χ2n) is 9.87. The van der Waals surface area contributed by atoms with Crippen LogP contribution in [0, 0.1) is 0 Å². The molecule has 40 heavy (non-hydrogen) atoms. The van der Waals surface area contributed by atoms with E-state index in [2.05, 4.69) is 60.0 Å². The van der Waals surface area contributed by atoms with Crippen molar-refractivity contribution in [3.05, 3.63) is 115 Å². The third-order valence-corrected chi connectivity index (χ3v) is 7.17. The van der Waals surface area contributed by atoms with E-state index in [1.165, 1.54) is 0 Å². The van der Waals surface area contributed by atoms with Gasteiger partial charge in [-0.25, -0.2) is 14.8 Å². The van der Waals surface area contributed by atoms with Crippen LogP contribution in [0.2, 0.25) is 0 Å². The molecule has 0 spiro atoms. The standard InChI is InChI=1S/C34H29N3O3/c1-2-3-12-33-36-30-20-18-26(29-19-17-25-8-4-6-10-28(25)35-29)21-31(30)37(33)22-23-13-15-24(16-14-23)27-9-5-7-11-32(27)40-34(38)39/h4-11,13-21H,2-3,12,22H2,1H3,(H,38,39). The molecule has 6 aromatic rings. The second kappa shape index (κ2) is 11.0. The molecule has 6 nitrogen and oxygen atoms in total. The predicted octanol–water partition coefficient (Wildman–Crippen LogP) is 8.37. The molecule has 0 atom stereocenters. The zero-order chi connectivity index (χ0) is 27.5. The number of imidazole rings is 1. The van der Waals surface area contributed by atoms with Gasteiger partial charge in [0.15, 0.2) is 0 Å². The van der Waals surface area contributed by atoms with Gasteiger partial charge in [0, 0.05) is 29.5 Å². The van der Waals surface area contributed by atoms with Crippen molar-refractivity contribution in [1.29, 1.82) is 0 Å². The van der Waals surface area contributed by atoms with Gasteiger partial charge in [-0.15, -0.1) is 0 Å². The maximum atomic E-state index is 11.1. The summed E-state index contributed by atoms with van der Waals surface area (Å²) in [6.45, 7) is 2.87. The van der Waals surface area contributed by atoms with E-state index in [9.17, 15) is 4.79 Å². The summed E-state index contributed by atoms with van der Waals surface area (Å²) in [4.78, 5) is 21.1. The van der Waals surface area contributed by atoms with Crippen LogP contribution in [0.25, 0.3) is 44.3 Å². The van der Waals surface area contributed by atoms with Crippen LogP contribution in [-0.2, 0) is 13.0 Å². The Labute approximate surface area is 232 Å². The highest BCUT2D eigenvalue weighted by molar-refractivity contribution is 5.85. The van der Waals surface area contributed by atoms with E-state index < -0.39 is 6.16 Å². The Morgan fingerprint density at radius 3 is 2.42 bits per heavy atom.